The molecule has 0 aliphatic carbocycles. The Hall–Kier alpha value is -0.370. The molecule has 0 spiro atoms. The maximum absolute atomic E-state index is 11.9. The Kier molecular flexibility index (Phi) is 3.61. The van der Waals surface area contributed by atoms with Crippen molar-refractivity contribution in [3.8, 4) is 0 Å². The van der Waals surface area contributed by atoms with Crippen molar-refractivity contribution in [1.29, 1.82) is 0 Å². The van der Waals surface area contributed by atoms with Crippen molar-refractivity contribution < 1.29 is 9.13 Å². The van der Waals surface area contributed by atoms with E-state index in [2.05, 4.69) is 4.74 Å². The Morgan fingerprint density at radius 2 is 2.43 bits per heavy atom. The van der Waals surface area contributed by atoms with Crippen LogP contribution in [-0.2, 0) is 4.74 Å². The Bertz CT molecular complexity index is 68.5. The second-order valence-corrected chi connectivity index (χ2v) is 1.17. The molecule has 42 valence electrons. The van der Waals surface area contributed by atoms with E-state index in [0.717, 1.165) is 0 Å². The quantitative estimate of drug-likeness (QED) is 0.516. The van der Waals surface area contributed by atoms with Crippen LogP contribution in [0.25, 0.3) is 0 Å². The van der Waals surface area contributed by atoms with Crippen molar-refractivity contribution in [1.82, 2.24) is 0 Å². The largest absolute Gasteiger partial charge is 0.378 e. The molecule has 2 heteroatoms. The Morgan fingerprint density at radius 1 is 1.86 bits per heavy atom. The van der Waals surface area contributed by atoms with Gasteiger partial charge in [0.1, 0.15) is 5.83 Å². The third-order valence-corrected chi connectivity index (χ3v) is 0.595. The van der Waals surface area contributed by atoms with E-state index in [0.29, 0.717) is 0 Å². The van der Waals surface area contributed by atoms with Gasteiger partial charge < -0.3 is 4.74 Å². The third kappa shape index (κ3) is 3.46. The summed E-state index contributed by atoms with van der Waals surface area (Å²) < 4.78 is 16.3. The molecular formula is C5H9FO. The summed E-state index contributed by atoms with van der Waals surface area (Å²) in [6.45, 7) is 1.73. The lowest BCUT2D eigenvalue weighted by atomic mass is 10.5. The van der Waals surface area contributed by atoms with Crippen molar-refractivity contribution >= 4 is 0 Å². The summed E-state index contributed by atoms with van der Waals surface area (Å²) >= 11 is 0. The molecule has 0 aromatic heterocycles. The van der Waals surface area contributed by atoms with E-state index in [1.54, 1.807) is 6.92 Å². The van der Waals surface area contributed by atoms with Gasteiger partial charge in [-0.3, -0.25) is 0 Å². The summed E-state index contributed by atoms with van der Waals surface area (Å²) in [4.78, 5) is 0. The number of halogens is 1. The van der Waals surface area contributed by atoms with Crippen molar-refractivity contribution in [3.63, 3.8) is 0 Å². The topological polar surface area (TPSA) is 9.23 Å². The second kappa shape index (κ2) is 3.81. The van der Waals surface area contributed by atoms with Gasteiger partial charge in [-0.1, -0.05) is 6.08 Å². The van der Waals surface area contributed by atoms with E-state index in [4.69, 9.17) is 0 Å². The fourth-order valence-electron chi connectivity index (χ4n) is 0.221. The summed E-state index contributed by atoms with van der Waals surface area (Å²) in [7, 11) is 1.46. The highest BCUT2D eigenvalue weighted by atomic mass is 19.1. The summed E-state index contributed by atoms with van der Waals surface area (Å²) in [6, 6.07) is 0. The summed E-state index contributed by atoms with van der Waals surface area (Å²) in [5.74, 6) is -0.220. The Balaban J connectivity index is 3.17. The molecule has 0 amide bonds. The van der Waals surface area contributed by atoms with Crippen LogP contribution >= 0.6 is 0 Å². The molecule has 0 radical (unpaired) electrons. The van der Waals surface area contributed by atoms with E-state index < -0.39 is 0 Å². The van der Waals surface area contributed by atoms with Crippen LogP contribution in [0.3, 0.4) is 0 Å². The first-order chi connectivity index (χ1) is 3.31. The number of allylic oxidation sites excluding steroid dienone is 1. The van der Waals surface area contributed by atoms with Crippen LogP contribution in [0.5, 0.6) is 0 Å². The van der Waals surface area contributed by atoms with E-state index >= 15 is 0 Å². The first kappa shape index (κ1) is 6.63. The van der Waals surface area contributed by atoms with Gasteiger partial charge in [0.05, 0.1) is 6.61 Å². The highest BCUT2D eigenvalue weighted by Gasteiger charge is 1.85. The van der Waals surface area contributed by atoms with E-state index in [1.165, 1.54) is 13.2 Å². The van der Waals surface area contributed by atoms with Gasteiger partial charge in [0.15, 0.2) is 0 Å². The SMILES string of the molecule is C/C=C(/F)COC. The van der Waals surface area contributed by atoms with Gasteiger partial charge in [-0.25, -0.2) is 4.39 Å². The molecule has 0 unspecified atom stereocenters. The molecule has 0 aliphatic rings. The van der Waals surface area contributed by atoms with Gasteiger partial charge in [0.2, 0.25) is 0 Å². The smallest absolute Gasteiger partial charge is 0.121 e. The molecular weight excluding hydrogens is 95.1 g/mol. The minimum Gasteiger partial charge on any atom is -0.378 e. The van der Waals surface area contributed by atoms with Gasteiger partial charge in [-0.05, 0) is 6.92 Å². The number of hydrogen-bond acceptors (Lipinski definition) is 1. The zero-order valence-electron chi connectivity index (χ0n) is 4.57. The molecule has 0 rings (SSSR count). The maximum Gasteiger partial charge on any atom is 0.121 e. The Labute approximate surface area is 42.8 Å². The molecule has 1 nitrogen and oxygen atoms in total. The van der Waals surface area contributed by atoms with Crippen molar-refractivity contribution in [3.05, 3.63) is 11.9 Å². The lowest BCUT2D eigenvalue weighted by Gasteiger charge is -1.89. The number of rotatable bonds is 2. The predicted molar refractivity (Wildman–Crippen MR) is 26.7 cm³/mol. The second-order valence-electron chi connectivity index (χ2n) is 1.17. The zero-order chi connectivity index (χ0) is 5.70. The first-order valence-corrected chi connectivity index (χ1v) is 2.11. The molecule has 0 fully saturated rings. The standard InChI is InChI=1S/C5H9FO/c1-3-5(6)4-7-2/h3H,4H2,1-2H3/b5-3+. The highest BCUT2D eigenvalue weighted by Crippen LogP contribution is 1.92. The van der Waals surface area contributed by atoms with Crippen molar-refractivity contribution in [2.24, 2.45) is 0 Å². The predicted octanol–water partition coefficient (Wildman–Crippen LogP) is 1.51. The molecule has 0 bridgehead atoms. The van der Waals surface area contributed by atoms with Crippen LogP contribution in [0, 0.1) is 0 Å². The third-order valence-electron chi connectivity index (χ3n) is 0.595. The zero-order valence-corrected chi connectivity index (χ0v) is 4.57. The lowest BCUT2D eigenvalue weighted by molar-refractivity contribution is 0.206. The molecule has 0 atom stereocenters. The molecule has 0 aromatic carbocycles. The molecule has 0 aromatic rings. The van der Waals surface area contributed by atoms with Gasteiger partial charge in [0.25, 0.3) is 0 Å². The molecule has 7 heavy (non-hydrogen) atoms. The summed E-state index contributed by atoms with van der Waals surface area (Å²) in [5.41, 5.74) is 0. The van der Waals surface area contributed by atoms with Crippen LogP contribution in [0.4, 0.5) is 4.39 Å². The molecule has 0 aliphatic heterocycles. The van der Waals surface area contributed by atoms with E-state index in [-0.39, 0.29) is 12.4 Å². The van der Waals surface area contributed by atoms with Crippen LogP contribution in [0.2, 0.25) is 0 Å². The normalized spacial score (nSPS) is 12.1. The monoisotopic (exact) mass is 104 g/mol. The summed E-state index contributed by atoms with van der Waals surface area (Å²) in [5, 5.41) is 0. The van der Waals surface area contributed by atoms with Crippen molar-refractivity contribution in [2.45, 2.75) is 6.92 Å². The minimum atomic E-state index is -0.220. The average Bonchev–Trinajstić information content (AvgIpc) is 1.68. The van der Waals surface area contributed by atoms with E-state index in [9.17, 15) is 4.39 Å². The fourth-order valence-corrected chi connectivity index (χ4v) is 0.221. The molecule has 0 N–H and O–H groups in total. The summed E-state index contributed by atoms with van der Waals surface area (Å²) in [6.07, 6.45) is 1.38. The lowest BCUT2D eigenvalue weighted by Crippen LogP contribution is -1.85. The van der Waals surface area contributed by atoms with Crippen LogP contribution in [0.15, 0.2) is 11.9 Å². The molecule has 0 saturated carbocycles. The average molecular weight is 104 g/mol. The van der Waals surface area contributed by atoms with Gasteiger partial charge in [0, 0.05) is 7.11 Å². The van der Waals surface area contributed by atoms with Crippen LogP contribution < -0.4 is 0 Å². The van der Waals surface area contributed by atoms with Crippen LogP contribution in [0.1, 0.15) is 6.92 Å². The number of ether oxygens (including phenoxy) is 1. The maximum atomic E-state index is 11.9. The first-order valence-electron chi connectivity index (χ1n) is 2.11. The molecule has 0 heterocycles. The number of methoxy groups -OCH3 is 1. The highest BCUT2D eigenvalue weighted by molar-refractivity contribution is 4.87. The van der Waals surface area contributed by atoms with Gasteiger partial charge >= 0.3 is 0 Å². The van der Waals surface area contributed by atoms with E-state index in [1.807, 2.05) is 0 Å². The number of hydrogen-bond donors (Lipinski definition) is 0. The van der Waals surface area contributed by atoms with Crippen LogP contribution in [-0.4, -0.2) is 13.7 Å². The van der Waals surface area contributed by atoms with Crippen molar-refractivity contribution in [2.75, 3.05) is 13.7 Å². The van der Waals surface area contributed by atoms with Gasteiger partial charge in [-0.2, -0.15) is 0 Å². The molecule has 0 saturated heterocycles. The Morgan fingerprint density at radius 3 is 2.57 bits per heavy atom. The fraction of sp³-hybridized carbons (Fsp3) is 0.600. The minimum absolute atomic E-state index is 0.0938. The van der Waals surface area contributed by atoms with Gasteiger partial charge in [-0.15, -0.1) is 0 Å².